The summed E-state index contributed by atoms with van der Waals surface area (Å²) in [6.45, 7) is 3.97. The van der Waals surface area contributed by atoms with Crippen molar-refractivity contribution in [1.82, 2.24) is 10.2 Å². The molecule has 0 amide bonds. The van der Waals surface area contributed by atoms with Gasteiger partial charge in [-0.25, -0.2) is 0 Å². The van der Waals surface area contributed by atoms with Gasteiger partial charge in [-0.3, -0.25) is 0 Å². The molecule has 5 heteroatoms. The third kappa shape index (κ3) is 4.28. The summed E-state index contributed by atoms with van der Waals surface area (Å²) in [6, 6.07) is 3.41. The largest absolute Gasteiger partial charge is 0.480 e. The first-order chi connectivity index (χ1) is 7.98. The Hall–Kier alpha value is -1.20. The molecule has 0 bridgehead atoms. The molecule has 0 fully saturated rings. The number of hydrogen-bond acceptors (Lipinski definition) is 5. The van der Waals surface area contributed by atoms with Crippen LogP contribution in [0.25, 0.3) is 0 Å². The van der Waals surface area contributed by atoms with Crippen molar-refractivity contribution < 1.29 is 14.6 Å². The van der Waals surface area contributed by atoms with Crippen LogP contribution in [0.1, 0.15) is 38.5 Å². The first-order valence-electron chi connectivity index (χ1n) is 5.59. The topological polar surface area (TPSA) is 64.5 Å². The lowest BCUT2D eigenvalue weighted by molar-refractivity contribution is 0.00232. The maximum Gasteiger partial charge on any atom is 0.233 e. The number of ether oxygens (including phenoxy) is 2. The first-order valence-corrected chi connectivity index (χ1v) is 5.59. The van der Waals surface area contributed by atoms with Crippen LogP contribution in [0.2, 0.25) is 0 Å². The second kappa shape index (κ2) is 5.93. The van der Waals surface area contributed by atoms with Crippen LogP contribution in [0.15, 0.2) is 12.1 Å². The molecule has 1 heterocycles. The minimum atomic E-state index is -0.622. The molecule has 0 saturated heterocycles. The van der Waals surface area contributed by atoms with Crippen molar-refractivity contribution in [2.75, 3.05) is 14.2 Å². The normalized spacial score (nSPS) is 13.5. The fraction of sp³-hybridized carbons (Fsp3) is 0.667. The van der Waals surface area contributed by atoms with E-state index in [9.17, 15) is 5.11 Å². The van der Waals surface area contributed by atoms with Crippen LogP contribution >= 0.6 is 0 Å². The van der Waals surface area contributed by atoms with Crippen molar-refractivity contribution in [3.8, 4) is 5.88 Å². The molecule has 5 nitrogen and oxygen atoms in total. The van der Waals surface area contributed by atoms with E-state index in [1.807, 2.05) is 13.8 Å². The van der Waals surface area contributed by atoms with Crippen molar-refractivity contribution >= 4 is 0 Å². The van der Waals surface area contributed by atoms with E-state index >= 15 is 0 Å². The van der Waals surface area contributed by atoms with Gasteiger partial charge in [-0.05, 0) is 32.8 Å². The average Bonchev–Trinajstić information content (AvgIpc) is 2.36. The molecule has 0 aliphatic heterocycles. The summed E-state index contributed by atoms with van der Waals surface area (Å²) in [5.74, 6) is 0.443. The van der Waals surface area contributed by atoms with Crippen LogP contribution in [0, 0.1) is 0 Å². The molecule has 96 valence electrons. The SMILES string of the molecule is COc1ccc(C(O)CCC(C)(C)OC)nn1. The van der Waals surface area contributed by atoms with E-state index < -0.39 is 6.10 Å². The molecule has 17 heavy (non-hydrogen) atoms. The molecule has 0 aliphatic carbocycles. The summed E-state index contributed by atoms with van der Waals surface area (Å²) >= 11 is 0. The molecule has 0 spiro atoms. The van der Waals surface area contributed by atoms with Gasteiger partial charge >= 0.3 is 0 Å². The van der Waals surface area contributed by atoms with Crippen molar-refractivity contribution in [2.45, 2.75) is 38.4 Å². The lowest BCUT2D eigenvalue weighted by atomic mass is 9.99. The number of aliphatic hydroxyl groups is 1. The quantitative estimate of drug-likeness (QED) is 0.820. The molecule has 1 rings (SSSR count). The number of hydrogen-bond donors (Lipinski definition) is 1. The van der Waals surface area contributed by atoms with Gasteiger partial charge in [-0.1, -0.05) is 0 Å². The lowest BCUT2D eigenvalue weighted by Crippen LogP contribution is -2.23. The maximum atomic E-state index is 9.94. The molecular weight excluding hydrogens is 220 g/mol. The number of rotatable bonds is 6. The second-order valence-electron chi connectivity index (χ2n) is 4.52. The summed E-state index contributed by atoms with van der Waals surface area (Å²) in [5, 5.41) is 17.7. The standard InChI is InChI=1S/C12H20N2O3/c1-12(2,17-4)8-7-10(15)9-5-6-11(16-3)14-13-9/h5-6,10,15H,7-8H2,1-4H3. The molecule has 1 atom stereocenters. The zero-order chi connectivity index (χ0) is 12.9. The molecule has 0 aliphatic rings. The third-order valence-electron chi connectivity index (χ3n) is 2.78. The number of nitrogens with zero attached hydrogens (tertiary/aromatic N) is 2. The highest BCUT2D eigenvalue weighted by molar-refractivity contribution is 5.12. The zero-order valence-electron chi connectivity index (χ0n) is 10.8. The minimum absolute atomic E-state index is 0.235. The van der Waals surface area contributed by atoms with Crippen molar-refractivity contribution in [1.29, 1.82) is 0 Å². The van der Waals surface area contributed by atoms with Gasteiger partial charge in [0.05, 0.1) is 24.5 Å². The van der Waals surface area contributed by atoms with Gasteiger partial charge in [-0.15, -0.1) is 10.2 Å². The Bertz CT molecular complexity index is 338. The highest BCUT2D eigenvalue weighted by Crippen LogP contribution is 2.23. The summed E-state index contributed by atoms with van der Waals surface area (Å²) in [7, 11) is 3.20. The van der Waals surface area contributed by atoms with Crippen LogP contribution in [0.3, 0.4) is 0 Å². The average molecular weight is 240 g/mol. The van der Waals surface area contributed by atoms with Gasteiger partial charge < -0.3 is 14.6 Å². The van der Waals surface area contributed by atoms with Gasteiger partial charge in [0.15, 0.2) is 0 Å². The molecule has 0 aromatic carbocycles. The third-order valence-corrected chi connectivity index (χ3v) is 2.78. The summed E-state index contributed by atoms with van der Waals surface area (Å²) in [5.41, 5.74) is 0.318. The van der Waals surface area contributed by atoms with Crippen molar-refractivity contribution in [3.05, 3.63) is 17.8 Å². The Morgan fingerprint density at radius 3 is 2.47 bits per heavy atom. The Kier molecular flexibility index (Phi) is 4.84. The van der Waals surface area contributed by atoms with Gasteiger partial charge in [0.2, 0.25) is 5.88 Å². The molecule has 0 radical (unpaired) electrons. The lowest BCUT2D eigenvalue weighted by Gasteiger charge is -2.23. The highest BCUT2D eigenvalue weighted by Gasteiger charge is 2.19. The predicted molar refractivity (Wildman–Crippen MR) is 63.9 cm³/mol. The zero-order valence-corrected chi connectivity index (χ0v) is 10.8. The van der Waals surface area contributed by atoms with E-state index in [0.717, 1.165) is 6.42 Å². The van der Waals surface area contributed by atoms with Crippen LogP contribution in [0.4, 0.5) is 0 Å². The minimum Gasteiger partial charge on any atom is -0.480 e. The molecule has 1 unspecified atom stereocenters. The van der Waals surface area contributed by atoms with E-state index in [-0.39, 0.29) is 5.60 Å². The van der Waals surface area contributed by atoms with E-state index in [1.165, 1.54) is 7.11 Å². The summed E-state index contributed by atoms with van der Waals surface area (Å²) in [6.07, 6.45) is 0.711. The summed E-state index contributed by atoms with van der Waals surface area (Å²) < 4.78 is 10.2. The molecule has 1 aromatic heterocycles. The molecule has 1 aromatic rings. The van der Waals surface area contributed by atoms with Gasteiger partial charge in [0.1, 0.15) is 0 Å². The fourth-order valence-electron chi connectivity index (χ4n) is 1.35. The Balaban J connectivity index is 2.54. The van der Waals surface area contributed by atoms with Gasteiger partial charge in [-0.2, -0.15) is 0 Å². The van der Waals surface area contributed by atoms with Crippen LogP contribution in [0.5, 0.6) is 5.88 Å². The monoisotopic (exact) mass is 240 g/mol. The Morgan fingerprint density at radius 2 is 2.00 bits per heavy atom. The van der Waals surface area contributed by atoms with E-state index in [1.54, 1.807) is 19.2 Å². The Labute approximate surface area is 102 Å². The molecule has 1 N–H and O–H groups in total. The highest BCUT2D eigenvalue weighted by atomic mass is 16.5. The number of methoxy groups -OCH3 is 2. The van der Waals surface area contributed by atoms with Gasteiger partial charge in [0.25, 0.3) is 0 Å². The first kappa shape index (κ1) is 13.9. The summed E-state index contributed by atoms with van der Waals surface area (Å²) in [4.78, 5) is 0. The Morgan fingerprint density at radius 1 is 1.29 bits per heavy atom. The van der Waals surface area contributed by atoms with Crippen molar-refractivity contribution in [3.63, 3.8) is 0 Å². The van der Waals surface area contributed by atoms with Crippen LogP contribution in [-0.4, -0.2) is 35.1 Å². The maximum absolute atomic E-state index is 9.94. The molecular formula is C12H20N2O3. The van der Waals surface area contributed by atoms with E-state index in [2.05, 4.69) is 10.2 Å². The van der Waals surface area contributed by atoms with Gasteiger partial charge in [0, 0.05) is 13.2 Å². The van der Waals surface area contributed by atoms with Crippen LogP contribution < -0.4 is 4.74 Å². The van der Waals surface area contributed by atoms with E-state index in [4.69, 9.17) is 9.47 Å². The smallest absolute Gasteiger partial charge is 0.233 e. The van der Waals surface area contributed by atoms with E-state index in [0.29, 0.717) is 18.0 Å². The fourth-order valence-corrected chi connectivity index (χ4v) is 1.35. The second-order valence-corrected chi connectivity index (χ2v) is 4.52. The predicted octanol–water partition coefficient (Wildman–Crippen LogP) is 1.72. The van der Waals surface area contributed by atoms with Crippen molar-refractivity contribution in [2.24, 2.45) is 0 Å². The number of aliphatic hydroxyl groups excluding tert-OH is 1. The van der Waals surface area contributed by atoms with Crippen LogP contribution in [-0.2, 0) is 4.74 Å². The number of aromatic nitrogens is 2. The molecule has 0 saturated carbocycles.